The molecule has 0 aliphatic heterocycles. The molecular formula is C10H11N3. The van der Waals surface area contributed by atoms with Crippen LogP contribution >= 0.6 is 0 Å². The smallest absolute Gasteiger partial charge is 0.181 e. The average Bonchev–Trinajstić information content (AvgIpc) is 2.18. The number of nitrogens with zero attached hydrogens (tertiary/aromatic N) is 1. The van der Waals surface area contributed by atoms with Gasteiger partial charge in [0.05, 0.1) is 0 Å². The number of rotatable bonds is 3. The summed E-state index contributed by atoms with van der Waals surface area (Å²) < 4.78 is 0. The van der Waals surface area contributed by atoms with E-state index in [0.29, 0.717) is 5.70 Å². The lowest BCUT2D eigenvalue weighted by Gasteiger charge is -2.04. The highest BCUT2D eigenvalue weighted by Gasteiger charge is 1.96. The van der Waals surface area contributed by atoms with Gasteiger partial charge in [0, 0.05) is 18.4 Å². The molecule has 1 aromatic carbocycles. The van der Waals surface area contributed by atoms with Crippen molar-refractivity contribution in [2.45, 2.75) is 0 Å². The summed E-state index contributed by atoms with van der Waals surface area (Å²) in [5.41, 5.74) is 2.57. The van der Waals surface area contributed by atoms with Crippen LogP contribution in [0.5, 0.6) is 0 Å². The van der Waals surface area contributed by atoms with Crippen molar-refractivity contribution >= 4 is 11.4 Å². The van der Waals surface area contributed by atoms with Crippen LogP contribution in [0.15, 0.2) is 30.8 Å². The summed E-state index contributed by atoms with van der Waals surface area (Å²) in [5.74, 6) is 0. The zero-order valence-corrected chi connectivity index (χ0v) is 7.46. The molecule has 3 heteroatoms. The maximum atomic E-state index is 8.36. The second kappa shape index (κ2) is 4.17. The van der Waals surface area contributed by atoms with Crippen LogP contribution in [0.4, 0.5) is 5.69 Å². The van der Waals surface area contributed by atoms with Gasteiger partial charge < -0.3 is 5.32 Å². The minimum absolute atomic E-state index is 0.616. The predicted octanol–water partition coefficient (Wildman–Crippen LogP) is 1.77. The Balaban J connectivity index is 2.81. The molecule has 3 nitrogen and oxygen atoms in total. The molecule has 0 bridgehead atoms. The third kappa shape index (κ3) is 2.24. The monoisotopic (exact) mass is 173 g/mol. The molecule has 0 radical (unpaired) electrons. The maximum absolute atomic E-state index is 8.36. The van der Waals surface area contributed by atoms with Crippen LogP contribution in [0.1, 0.15) is 5.56 Å². The molecular weight excluding hydrogens is 162 g/mol. The highest BCUT2D eigenvalue weighted by atomic mass is 14.9. The van der Waals surface area contributed by atoms with E-state index in [4.69, 9.17) is 5.26 Å². The quantitative estimate of drug-likeness (QED) is 0.541. The Hall–Kier alpha value is -1.95. The molecule has 13 heavy (non-hydrogen) atoms. The van der Waals surface area contributed by atoms with E-state index in [0.717, 1.165) is 11.3 Å². The van der Waals surface area contributed by atoms with Gasteiger partial charge in [0.1, 0.15) is 0 Å². The molecule has 0 saturated heterocycles. The van der Waals surface area contributed by atoms with E-state index in [1.807, 2.05) is 37.5 Å². The summed E-state index contributed by atoms with van der Waals surface area (Å²) in [6.45, 7) is 3.72. The molecule has 0 atom stereocenters. The van der Waals surface area contributed by atoms with Gasteiger partial charge in [0.25, 0.3) is 0 Å². The van der Waals surface area contributed by atoms with Gasteiger partial charge in [-0.15, -0.1) is 0 Å². The van der Waals surface area contributed by atoms with Gasteiger partial charge in [-0.1, -0.05) is 18.7 Å². The molecule has 0 fully saturated rings. The molecule has 0 unspecified atom stereocenters. The highest BCUT2D eigenvalue weighted by Crippen LogP contribution is 2.13. The number of hydrogen-bond acceptors (Lipinski definition) is 3. The maximum Gasteiger partial charge on any atom is 0.181 e. The van der Waals surface area contributed by atoms with Gasteiger partial charge in [-0.25, -0.2) is 0 Å². The van der Waals surface area contributed by atoms with Crippen LogP contribution < -0.4 is 10.6 Å². The Morgan fingerprint density at radius 1 is 1.38 bits per heavy atom. The number of nitrogens with one attached hydrogen (secondary N) is 2. The lowest BCUT2D eigenvalue weighted by Crippen LogP contribution is -2.02. The fourth-order valence-electron chi connectivity index (χ4n) is 0.978. The Bertz CT molecular complexity index is 332. The minimum atomic E-state index is 0.616. The molecule has 0 aliphatic rings. The Morgan fingerprint density at radius 3 is 2.46 bits per heavy atom. The van der Waals surface area contributed by atoms with Gasteiger partial charge in [-0.3, -0.25) is 5.32 Å². The van der Waals surface area contributed by atoms with E-state index in [1.54, 1.807) is 0 Å². The summed E-state index contributed by atoms with van der Waals surface area (Å²) >= 11 is 0. The van der Waals surface area contributed by atoms with Gasteiger partial charge in [-0.05, 0) is 17.7 Å². The van der Waals surface area contributed by atoms with Crippen molar-refractivity contribution in [2.24, 2.45) is 0 Å². The molecule has 2 N–H and O–H groups in total. The standard InChI is InChI=1S/C10H11N3/c1-8(13-7-11)9-3-5-10(12-2)6-4-9/h3-6,12-13H,1H2,2H3. The lowest BCUT2D eigenvalue weighted by molar-refractivity contribution is 1.22. The van der Waals surface area contributed by atoms with Crippen molar-refractivity contribution in [1.82, 2.24) is 5.32 Å². The fourth-order valence-corrected chi connectivity index (χ4v) is 0.978. The molecule has 0 spiro atoms. The average molecular weight is 173 g/mol. The van der Waals surface area contributed by atoms with Crippen LogP contribution in [0.3, 0.4) is 0 Å². The van der Waals surface area contributed by atoms with Crippen LogP contribution in [-0.4, -0.2) is 7.05 Å². The van der Waals surface area contributed by atoms with Crippen LogP contribution in [0.2, 0.25) is 0 Å². The van der Waals surface area contributed by atoms with Crippen LogP contribution in [-0.2, 0) is 0 Å². The van der Waals surface area contributed by atoms with E-state index < -0.39 is 0 Å². The summed E-state index contributed by atoms with van der Waals surface area (Å²) in [6, 6.07) is 7.66. The Kier molecular flexibility index (Phi) is 2.93. The van der Waals surface area contributed by atoms with Gasteiger partial charge >= 0.3 is 0 Å². The summed E-state index contributed by atoms with van der Waals surface area (Å²) in [5, 5.41) is 13.9. The van der Waals surface area contributed by atoms with E-state index in [-0.39, 0.29) is 0 Å². The highest BCUT2D eigenvalue weighted by molar-refractivity contribution is 5.64. The molecule has 0 amide bonds. The molecule has 66 valence electrons. The first kappa shape index (κ1) is 9.14. The van der Waals surface area contributed by atoms with Gasteiger partial charge in [0.15, 0.2) is 6.19 Å². The topological polar surface area (TPSA) is 47.9 Å². The molecule has 1 rings (SSSR count). The van der Waals surface area contributed by atoms with E-state index in [2.05, 4.69) is 17.2 Å². The van der Waals surface area contributed by atoms with E-state index in [1.165, 1.54) is 0 Å². The van der Waals surface area contributed by atoms with E-state index in [9.17, 15) is 0 Å². The third-order valence-corrected chi connectivity index (χ3v) is 1.73. The van der Waals surface area contributed by atoms with Crippen molar-refractivity contribution in [3.8, 4) is 6.19 Å². The van der Waals surface area contributed by atoms with Crippen molar-refractivity contribution in [3.05, 3.63) is 36.4 Å². The van der Waals surface area contributed by atoms with Gasteiger partial charge in [0.2, 0.25) is 0 Å². The fraction of sp³-hybridized carbons (Fsp3) is 0.100. The molecule has 0 saturated carbocycles. The summed E-state index contributed by atoms with van der Waals surface area (Å²) in [6.07, 6.45) is 1.83. The third-order valence-electron chi connectivity index (χ3n) is 1.73. The Labute approximate surface area is 77.7 Å². The second-order valence-corrected chi connectivity index (χ2v) is 2.54. The van der Waals surface area contributed by atoms with Crippen molar-refractivity contribution in [3.63, 3.8) is 0 Å². The summed E-state index contributed by atoms with van der Waals surface area (Å²) in [4.78, 5) is 0. The normalized spacial score (nSPS) is 8.62. The first-order valence-corrected chi connectivity index (χ1v) is 3.90. The largest absolute Gasteiger partial charge is 0.388 e. The SMILES string of the molecule is C=C(NC#N)c1ccc(NC)cc1. The minimum Gasteiger partial charge on any atom is -0.388 e. The number of anilines is 1. The van der Waals surface area contributed by atoms with Crippen molar-refractivity contribution in [1.29, 1.82) is 5.26 Å². The first-order valence-electron chi connectivity index (χ1n) is 3.90. The van der Waals surface area contributed by atoms with Gasteiger partial charge in [-0.2, -0.15) is 5.26 Å². The van der Waals surface area contributed by atoms with Crippen molar-refractivity contribution < 1.29 is 0 Å². The molecule has 0 aromatic heterocycles. The zero-order valence-electron chi connectivity index (χ0n) is 7.46. The lowest BCUT2D eigenvalue weighted by atomic mass is 10.1. The molecule has 0 heterocycles. The zero-order chi connectivity index (χ0) is 9.68. The molecule has 1 aromatic rings. The second-order valence-electron chi connectivity index (χ2n) is 2.54. The predicted molar refractivity (Wildman–Crippen MR) is 53.8 cm³/mol. The van der Waals surface area contributed by atoms with Crippen LogP contribution in [0, 0.1) is 11.5 Å². The number of nitriles is 1. The van der Waals surface area contributed by atoms with E-state index >= 15 is 0 Å². The van der Waals surface area contributed by atoms with Crippen LogP contribution in [0.25, 0.3) is 5.70 Å². The number of hydrogen-bond donors (Lipinski definition) is 2. The summed E-state index contributed by atoms with van der Waals surface area (Å²) in [7, 11) is 1.86. The Morgan fingerprint density at radius 2 is 2.00 bits per heavy atom. The van der Waals surface area contributed by atoms with Crippen molar-refractivity contribution in [2.75, 3.05) is 12.4 Å². The molecule has 0 aliphatic carbocycles. The number of benzene rings is 1. The first-order chi connectivity index (χ1) is 6.27.